The van der Waals surface area contributed by atoms with Gasteiger partial charge in [-0.25, -0.2) is 0 Å². The summed E-state index contributed by atoms with van der Waals surface area (Å²) in [5.74, 6) is 0.0691. The molecular formula is C24H33N3O4. The number of aryl methyl sites for hydroxylation is 2. The van der Waals surface area contributed by atoms with Crippen molar-refractivity contribution in [1.29, 1.82) is 0 Å². The molecule has 0 bridgehead atoms. The number of benzene rings is 1. The van der Waals surface area contributed by atoms with Crippen LogP contribution in [0.2, 0.25) is 0 Å². The van der Waals surface area contributed by atoms with Crippen molar-refractivity contribution < 1.29 is 19.0 Å². The average Bonchev–Trinajstić information content (AvgIpc) is 3.12. The summed E-state index contributed by atoms with van der Waals surface area (Å²) in [7, 11) is 1.84. The van der Waals surface area contributed by atoms with Gasteiger partial charge in [-0.05, 0) is 31.7 Å². The van der Waals surface area contributed by atoms with Crippen LogP contribution in [-0.2, 0) is 27.9 Å². The van der Waals surface area contributed by atoms with Gasteiger partial charge < -0.3 is 19.1 Å². The van der Waals surface area contributed by atoms with Gasteiger partial charge >= 0.3 is 0 Å². The number of hydrogen-bond donors (Lipinski definition) is 0. The lowest BCUT2D eigenvalue weighted by atomic mass is 9.83. The van der Waals surface area contributed by atoms with Crippen LogP contribution in [0.25, 0.3) is 0 Å². The van der Waals surface area contributed by atoms with Gasteiger partial charge in [-0.2, -0.15) is 5.10 Å². The number of hydrogen-bond acceptors (Lipinski definition) is 5. The third-order valence-electron chi connectivity index (χ3n) is 6.35. The summed E-state index contributed by atoms with van der Waals surface area (Å²) in [6.45, 7) is 5.81. The van der Waals surface area contributed by atoms with E-state index in [2.05, 4.69) is 17.2 Å². The van der Waals surface area contributed by atoms with Crippen LogP contribution in [0.1, 0.15) is 47.3 Å². The zero-order valence-corrected chi connectivity index (χ0v) is 18.6. The Hall–Kier alpha value is -2.22. The number of aromatic nitrogens is 2. The normalized spacial score (nSPS) is 20.8. The Kier molecular flexibility index (Phi) is 7.05. The first-order valence-corrected chi connectivity index (χ1v) is 11.2. The predicted octanol–water partition coefficient (Wildman–Crippen LogP) is 3.12. The number of carbonyl (C=O) groups is 1. The lowest BCUT2D eigenvalue weighted by molar-refractivity contribution is -0.155. The molecule has 3 heterocycles. The van der Waals surface area contributed by atoms with E-state index in [4.69, 9.17) is 14.2 Å². The molecule has 1 spiro atoms. The Morgan fingerprint density at radius 1 is 1.23 bits per heavy atom. The van der Waals surface area contributed by atoms with Crippen molar-refractivity contribution in [3.8, 4) is 0 Å². The molecule has 1 aromatic heterocycles. The van der Waals surface area contributed by atoms with Crippen molar-refractivity contribution >= 4 is 5.91 Å². The number of likely N-dealkylation sites (tertiary alicyclic amines) is 1. The summed E-state index contributed by atoms with van der Waals surface area (Å²) in [4.78, 5) is 14.8. The van der Waals surface area contributed by atoms with Crippen LogP contribution in [0.3, 0.4) is 0 Å². The maximum Gasteiger partial charge on any atom is 0.257 e. The number of rotatable bonds is 7. The van der Waals surface area contributed by atoms with E-state index in [1.807, 2.05) is 43.3 Å². The van der Waals surface area contributed by atoms with E-state index in [9.17, 15) is 4.79 Å². The van der Waals surface area contributed by atoms with Gasteiger partial charge in [0.2, 0.25) is 0 Å². The highest BCUT2D eigenvalue weighted by molar-refractivity contribution is 5.95. The fraction of sp³-hybridized carbons (Fsp3) is 0.583. The monoisotopic (exact) mass is 427 g/mol. The van der Waals surface area contributed by atoms with Gasteiger partial charge in [0, 0.05) is 39.4 Å². The molecule has 4 rings (SSSR count). The number of piperidine rings is 1. The molecule has 0 radical (unpaired) electrons. The van der Waals surface area contributed by atoms with E-state index in [0.717, 1.165) is 31.4 Å². The molecule has 2 aliphatic heterocycles. The number of carbonyl (C=O) groups excluding carboxylic acids is 1. The molecule has 2 saturated heterocycles. The minimum Gasteiger partial charge on any atom is -0.376 e. The summed E-state index contributed by atoms with van der Waals surface area (Å²) in [6, 6.07) is 10.2. The minimum atomic E-state index is -0.172. The van der Waals surface area contributed by atoms with Gasteiger partial charge in [0.1, 0.15) is 0 Å². The van der Waals surface area contributed by atoms with Gasteiger partial charge in [-0.1, -0.05) is 30.3 Å². The highest BCUT2D eigenvalue weighted by atomic mass is 16.5. The molecule has 1 unspecified atom stereocenters. The third-order valence-corrected chi connectivity index (χ3v) is 6.35. The van der Waals surface area contributed by atoms with Crippen molar-refractivity contribution in [2.45, 2.75) is 50.9 Å². The Labute approximate surface area is 184 Å². The number of nitrogens with zero attached hydrogens (tertiary/aromatic N) is 3. The van der Waals surface area contributed by atoms with Crippen LogP contribution < -0.4 is 0 Å². The minimum absolute atomic E-state index is 0.0691. The van der Waals surface area contributed by atoms with Gasteiger partial charge in [-0.3, -0.25) is 9.48 Å². The maximum absolute atomic E-state index is 12.9. The molecule has 1 atom stereocenters. The van der Waals surface area contributed by atoms with Crippen LogP contribution in [0.4, 0.5) is 0 Å². The predicted molar refractivity (Wildman–Crippen MR) is 117 cm³/mol. The van der Waals surface area contributed by atoms with E-state index >= 15 is 0 Å². The van der Waals surface area contributed by atoms with Crippen LogP contribution >= 0.6 is 0 Å². The molecule has 168 valence electrons. The number of ether oxygens (including phenoxy) is 3. The molecular weight excluding hydrogens is 394 g/mol. The molecule has 0 N–H and O–H groups in total. The molecule has 0 saturated carbocycles. The van der Waals surface area contributed by atoms with Crippen molar-refractivity contribution in [3.05, 3.63) is 53.3 Å². The van der Waals surface area contributed by atoms with Gasteiger partial charge in [0.05, 0.1) is 42.8 Å². The van der Waals surface area contributed by atoms with Crippen LogP contribution in [-0.4, -0.2) is 65.2 Å². The van der Waals surface area contributed by atoms with Crippen LogP contribution in [0, 0.1) is 6.92 Å². The highest BCUT2D eigenvalue weighted by Gasteiger charge is 2.41. The Bertz CT molecular complexity index is 859. The maximum atomic E-state index is 12.9. The molecule has 2 aliphatic rings. The van der Waals surface area contributed by atoms with Gasteiger partial charge in [0.15, 0.2) is 0 Å². The Balaban J connectivity index is 1.20. The molecule has 0 aliphatic carbocycles. The SMILES string of the molecule is Cc1nn(C)cc1C(=O)N1CCC2(CC1)CC(OCCOCc1ccccc1)CCO2. The van der Waals surface area contributed by atoms with Gasteiger partial charge in [-0.15, -0.1) is 0 Å². The molecule has 1 amide bonds. The topological polar surface area (TPSA) is 65.8 Å². The zero-order chi connectivity index (χ0) is 21.7. The van der Waals surface area contributed by atoms with Crippen LogP contribution in [0.5, 0.6) is 0 Å². The second-order valence-corrected chi connectivity index (χ2v) is 8.65. The molecule has 31 heavy (non-hydrogen) atoms. The van der Waals surface area contributed by atoms with Gasteiger partial charge in [0.25, 0.3) is 5.91 Å². The molecule has 2 aromatic rings. The second-order valence-electron chi connectivity index (χ2n) is 8.65. The Morgan fingerprint density at radius 2 is 2.00 bits per heavy atom. The second kappa shape index (κ2) is 9.94. The number of amides is 1. The fourth-order valence-electron chi connectivity index (χ4n) is 4.61. The average molecular weight is 428 g/mol. The Morgan fingerprint density at radius 3 is 2.71 bits per heavy atom. The lowest BCUT2D eigenvalue weighted by Crippen LogP contribution is -2.52. The van der Waals surface area contributed by atoms with E-state index < -0.39 is 0 Å². The quantitative estimate of drug-likeness (QED) is 0.635. The standard InChI is InChI=1S/C24H33N3O4/c1-19-22(17-26(2)25-19)23(28)27-11-9-24(10-12-27)16-21(8-13-31-24)30-15-14-29-18-20-6-4-3-5-7-20/h3-7,17,21H,8-16,18H2,1-2H3. The van der Waals surface area contributed by atoms with Crippen molar-refractivity contribution in [1.82, 2.24) is 14.7 Å². The summed E-state index contributed by atoms with van der Waals surface area (Å²) in [5.41, 5.74) is 2.48. The first-order chi connectivity index (χ1) is 15.0. The van der Waals surface area contributed by atoms with Crippen molar-refractivity contribution in [3.63, 3.8) is 0 Å². The lowest BCUT2D eigenvalue weighted by Gasteiger charge is -2.46. The fourth-order valence-corrected chi connectivity index (χ4v) is 4.61. The summed E-state index contributed by atoms with van der Waals surface area (Å²) in [5, 5.41) is 4.30. The first kappa shape index (κ1) is 22.0. The van der Waals surface area contributed by atoms with Crippen LogP contribution in [0.15, 0.2) is 36.5 Å². The van der Waals surface area contributed by atoms with E-state index in [-0.39, 0.29) is 17.6 Å². The largest absolute Gasteiger partial charge is 0.376 e. The third kappa shape index (κ3) is 5.53. The van der Waals surface area contributed by atoms with E-state index in [0.29, 0.717) is 45.1 Å². The van der Waals surface area contributed by atoms with E-state index in [1.54, 1.807) is 4.68 Å². The van der Waals surface area contributed by atoms with Crippen molar-refractivity contribution in [2.75, 3.05) is 32.9 Å². The smallest absolute Gasteiger partial charge is 0.257 e. The summed E-state index contributed by atoms with van der Waals surface area (Å²) in [6.07, 6.45) is 5.50. The first-order valence-electron chi connectivity index (χ1n) is 11.2. The molecule has 7 nitrogen and oxygen atoms in total. The highest BCUT2D eigenvalue weighted by Crippen LogP contribution is 2.36. The molecule has 2 fully saturated rings. The zero-order valence-electron chi connectivity index (χ0n) is 18.6. The molecule has 1 aromatic carbocycles. The summed E-state index contributed by atoms with van der Waals surface area (Å²) < 4.78 is 19.8. The van der Waals surface area contributed by atoms with Crippen molar-refractivity contribution in [2.24, 2.45) is 7.05 Å². The van der Waals surface area contributed by atoms with E-state index in [1.165, 1.54) is 5.56 Å². The molecule has 7 heteroatoms. The summed E-state index contributed by atoms with van der Waals surface area (Å²) >= 11 is 0.